The molecule has 0 aromatic carbocycles. The van der Waals surface area contributed by atoms with Gasteiger partial charge in [0.25, 0.3) is 0 Å². The lowest BCUT2D eigenvalue weighted by Crippen LogP contribution is -2.56. The fraction of sp³-hybridized carbons (Fsp3) is 0.909. The zero-order valence-electron chi connectivity index (χ0n) is 11.6. The van der Waals surface area contributed by atoms with Gasteiger partial charge in [0.15, 0.2) is 0 Å². The van der Waals surface area contributed by atoms with Crippen LogP contribution in [0.5, 0.6) is 0 Å². The van der Waals surface area contributed by atoms with Gasteiger partial charge in [0.2, 0.25) is 0 Å². The van der Waals surface area contributed by atoms with E-state index in [4.69, 9.17) is 10.5 Å². The van der Waals surface area contributed by atoms with Crippen molar-refractivity contribution < 1.29 is 17.9 Å². The van der Waals surface area contributed by atoms with E-state index in [-0.39, 0.29) is 24.7 Å². The van der Waals surface area contributed by atoms with Gasteiger partial charge in [0, 0.05) is 18.6 Å². The SMILES string of the molecule is CC(C)OC(=O)NS(=O)(=O)N1C(C)CCCC1CN. The van der Waals surface area contributed by atoms with Crippen molar-refractivity contribution in [2.24, 2.45) is 5.73 Å². The summed E-state index contributed by atoms with van der Waals surface area (Å²) >= 11 is 0. The van der Waals surface area contributed by atoms with Gasteiger partial charge in [0.05, 0.1) is 6.10 Å². The number of rotatable bonds is 4. The molecule has 0 aromatic rings. The van der Waals surface area contributed by atoms with Crippen LogP contribution in [0.4, 0.5) is 4.79 Å². The quantitative estimate of drug-likeness (QED) is 0.789. The van der Waals surface area contributed by atoms with Crippen molar-refractivity contribution in [1.29, 1.82) is 0 Å². The summed E-state index contributed by atoms with van der Waals surface area (Å²) in [5.74, 6) is 0. The summed E-state index contributed by atoms with van der Waals surface area (Å²) in [6.45, 7) is 5.36. The number of amides is 1. The summed E-state index contributed by atoms with van der Waals surface area (Å²) in [4.78, 5) is 11.4. The first kappa shape index (κ1) is 16.2. The van der Waals surface area contributed by atoms with Gasteiger partial charge in [-0.15, -0.1) is 0 Å². The van der Waals surface area contributed by atoms with Crippen molar-refractivity contribution in [2.45, 2.75) is 58.2 Å². The number of hydrogen-bond donors (Lipinski definition) is 2. The molecule has 1 saturated heterocycles. The van der Waals surface area contributed by atoms with Gasteiger partial charge in [-0.25, -0.2) is 9.52 Å². The van der Waals surface area contributed by atoms with E-state index < -0.39 is 16.3 Å². The van der Waals surface area contributed by atoms with Crippen LogP contribution in [0, 0.1) is 0 Å². The Balaban J connectivity index is 2.81. The highest BCUT2D eigenvalue weighted by Crippen LogP contribution is 2.24. The maximum atomic E-state index is 12.2. The van der Waals surface area contributed by atoms with Crippen LogP contribution in [-0.4, -0.2) is 43.5 Å². The molecule has 1 fully saturated rings. The number of carbonyl (C=O) groups is 1. The summed E-state index contributed by atoms with van der Waals surface area (Å²) in [6.07, 6.45) is 1.08. The Hall–Kier alpha value is -0.860. The zero-order chi connectivity index (χ0) is 14.6. The van der Waals surface area contributed by atoms with Gasteiger partial charge in [-0.1, -0.05) is 6.42 Å². The molecule has 19 heavy (non-hydrogen) atoms. The lowest BCUT2D eigenvalue weighted by Gasteiger charge is -2.38. The third-order valence-electron chi connectivity index (χ3n) is 3.06. The van der Waals surface area contributed by atoms with Gasteiger partial charge >= 0.3 is 16.3 Å². The van der Waals surface area contributed by atoms with E-state index in [9.17, 15) is 13.2 Å². The Morgan fingerprint density at radius 3 is 2.63 bits per heavy atom. The third-order valence-corrected chi connectivity index (χ3v) is 4.70. The van der Waals surface area contributed by atoms with Crippen LogP contribution in [0.3, 0.4) is 0 Å². The van der Waals surface area contributed by atoms with Gasteiger partial charge in [-0.3, -0.25) is 0 Å². The molecule has 0 saturated carbocycles. The smallest absolute Gasteiger partial charge is 0.422 e. The van der Waals surface area contributed by atoms with Crippen molar-refractivity contribution in [1.82, 2.24) is 9.03 Å². The van der Waals surface area contributed by atoms with E-state index in [0.717, 1.165) is 12.8 Å². The second-order valence-corrected chi connectivity index (χ2v) is 6.64. The van der Waals surface area contributed by atoms with Gasteiger partial charge < -0.3 is 10.5 Å². The van der Waals surface area contributed by atoms with E-state index in [1.807, 2.05) is 11.6 Å². The van der Waals surface area contributed by atoms with Crippen LogP contribution >= 0.6 is 0 Å². The van der Waals surface area contributed by atoms with Gasteiger partial charge in [-0.2, -0.15) is 12.7 Å². The summed E-state index contributed by atoms with van der Waals surface area (Å²) in [6, 6.07) is -0.445. The standard InChI is InChI=1S/C11H23N3O4S/c1-8(2)18-11(15)13-19(16,17)14-9(3)5-4-6-10(14)7-12/h8-10H,4-7,12H2,1-3H3,(H,13,15). The number of ether oxygens (including phenoxy) is 1. The van der Waals surface area contributed by atoms with Crippen molar-refractivity contribution >= 4 is 16.3 Å². The first-order valence-electron chi connectivity index (χ1n) is 6.50. The fourth-order valence-corrected chi connectivity index (χ4v) is 3.84. The Labute approximate surface area is 114 Å². The number of piperidine rings is 1. The largest absolute Gasteiger partial charge is 0.446 e. The van der Waals surface area contributed by atoms with E-state index in [1.54, 1.807) is 13.8 Å². The molecular weight excluding hydrogens is 270 g/mol. The molecule has 2 atom stereocenters. The van der Waals surface area contributed by atoms with Crippen molar-refractivity contribution in [2.75, 3.05) is 6.54 Å². The number of nitrogens with one attached hydrogen (secondary N) is 1. The fourth-order valence-electron chi connectivity index (χ4n) is 2.31. The number of carbonyl (C=O) groups excluding carboxylic acids is 1. The second-order valence-electron chi connectivity index (χ2n) is 5.06. The molecule has 3 N–H and O–H groups in total. The Morgan fingerprint density at radius 2 is 2.11 bits per heavy atom. The first-order valence-corrected chi connectivity index (χ1v) is 7.94. The highest BCUT2D eigenvalue weighted by molar-refractivity contribution is 7.87. The average Bonchev–Trinajstić information content (AvgIpc) is 2.25. The van der Waals surface area contributed by atoms with E-state index in [1.165, 1.54) is 4.31 Å². The molecule has 1 amide bonds. The minimum absolute atomic E-state index is 0.174. The molecule has 0 aromatic heterocycles. The molecule has 2 unspecified atom stereocenters. The molecule has 7 nitrogen and oxygen atoms in total. The summed E-state index contributed by atoms with van der Waals surface area (Å²) in [5.41, 5.74) is 5.61. The molecule has 1 aliphatic heterocycles. The van der Waals surface area contributed by atoms with E-state index in [0.29, 0.717) is 6.42 Å². The maximum Gasteiger partial charge on any atom is 0.422 e. The molecule has 8 heteroatoms. The average molecular weight is 293 g/mol. The Kier molecular flexibility index (Phi) is 5.57. The molecule has 0 spiro atoms. The van der Waals surface area contributed by atoms with Crippen molar-refractivity contribution in [3.8, 4) is 0 Å². The Morgan fingerprint density at radius 1 is 1.47 bits per heavy atom. The van der Waals surface area contributed by atoms with Crippen molar-refractivity contribution in [3.05, 3.63) is 0 Å². The van der Waals surface area contributed by atoms with E-state index in [2.05, 4.69) is 0 Å². The molecule has 1 heterocycles. The minimum atomic E-state index is -3.91. The predicted octanol–water partition coefficient (Wildman–Crippen LogP) is 0.568. The number of nitrogens with two attached hydrogens (primary N) is 1. The second kappa shape index (κ2) is 6.53. The van der Waals surface area contributed by atoms with Crippen molar-refractivity contribution in [3.63, 3.8) is 0 Å². The van der Waals surface area contributed by atoms with Crippen LogP contribution in [-0.2, 0) is 14.9 Å². The third kappa shape index (κ3) is 4.32. The normalized spacial score (nSPS) is 25.3. The predicted molar refractivity (Wildman–Crippen MR) is 71.7 cm³/mol. The zero-order valence-corrected chi connectivity index (χ0v) is 12.4. The highest BCUT2D eigenvalue weighted by Gasteiger charge is 2.37. The molecule has 0 aliphatic carbocycles. The molecule has 1 aliphatic rings. The molecule has 0 bridgehead atoms. The highest BCUT2D eigenvalue weighted by atomic mass is 32.2. The maximum absolute atomic E-state index is 12.2. The van der Waals surface area contributed by atoms with Crippen LogP contribution < -0.4 is 10.5 Å². The monoisotopic (exact) mass is 293 g/mol. The van der Waals surface area contributed by atoms with Crippen LogP contribution in [0.1, 0.15) is 40.0 Å². The van der Waals surface area contributed by atoms with Gasteiger partial charge in [0.1, 0.15) is 0 Å². The van der Waals surface area contributed by atoms with Crippen LogP contribution in [0.15, 0.2) is 0 Å². The number of nitrogens with zero attached hydrogens (tertiary/aromatic N) is 1. The Bertz CT molecular complexity index is 410. The summed E-state index contributed by atoms with van der Waals surface area (Å²) in [7, 11) is -3.91. The summed E-state index contributed by atoms with van der Waals surface area (Å²) in [5, 5.41) is 0. The van der Waals surface area contributed by atoms with Gasteiger partial charge in [-0.05, 0) is 33.6 Å². The molecular formula is C11H23N3O4S. The van der Waals surface area contributed by atoms with E-state index >= 15 is 0 Å². The topological polar surface area (TPSA) is 102 Å². The number of hydrogen-bond acceptors (Lipinski definition) is 5. The molecule has 112 valence electrons. The molecule has 1 rings (SSSR count). The lowest BCUT2D eigenvalue weighted by molar-refractivity contribution is 0.119. The van der Waals surface area contributed by atoms with Crippen LogP contribution in [0.25, 0.3) is 0 Å². The van der Waals surface area contributed by atoms with Crippen LogP contribution in [0.2, 0.25) is 0 Å². The minimum Gasteiger partial charge on any atom is -0.446 e. The first-order chi connectivity index (χ1) is 8.77. The lowest BCUT2D eigenvalue weighted by atomic mass is 10.00. The summed E-state index contributed by atoms with van der Waals surface area (Å²) < 4.78 is 32.4. The molecule has 0 radical (unpaired) electrons.